The van der Waals surface area contributed by atoms with Crippen LogP contribution >= 0.6 is 0 Å². The van der Waals surface area contributed by atoms with Crippen LogP contribution in [0.1, 0.15) is 22.3 Å². The fraction of sp³-hybridized carbons (Fsp3) is 0.417. The average Bonchev–Trinajstić information content (AvgIpc) is 2.65. The van der Waals surface area contributed by atoms with Gasteiger partial charge < -0.3 is 10.6 Å². The van der Waals surface area contributed by atoms with Gasteiger partial charge in [0.1, 0.15) is 0 Å². The van der Waals surface area contributed by atoms with Crippen LogP contribution in [0.15, 0.2) is 24.3 Å². The molecular weight excluding hydrogens is 188 g/mol. The van der Waals surface area contributed by atoms with Gasteiger partial charge in [0.2, 0.25) is 0 Å². The second kappa shape index (κ2) is 4.03. The zero-order valence-electron chi connectivity index (χ0n) is 8.94. The summed E-state index contributed by atoms with van der Waals surface area (Å²) in [5, 5.41) is 0. The highest BCUT2D eigenvalue weighted by molar-refractivity contribution is 5.94. The Morgan fingerprint density at radius 3 is 2.60 bits per heavy atom. The summed E-state index contributed by atoms with van der Waals surface area (Å²) in [4.78, 5) is 13.8. The molecule has 1 fully saturated rings. The van der Waals surface area contributed by atoms with Crippen molar-refractivity contribution < 1.29 is 4.79 Å². The summed E-state index contributed by atoms with van der Waals surface area (Å²) < 4.78 is 0. The second-order valence-electron chi connectivity index (χ2n) is 4.17. The van der Waals surface area contributed by atoms with Crippen LogP contribution in [-0.4, -0.2) is 29.9 Å². The average molecular weight is 204 g/mol. The van der Waals surface area contributed by atoms with Crippen molar-refractivity contribution in [3.05, 3.63) is 35.4 Å². The van der Waals surface area contributed by atoms with Crippen molar-refractivity contribution in [1.82, 2.24) is 4.90 Å². The molecule has 0 saturated carbocycles. The van der Waals surface area contributed by atoms with Gasteiger partial charge in [-0.05, 0) is 25.5 Å². The molecule has 1 aliphatic heterocycles. The maximum Gasteiger partial charge on any atom is 0.253 e. The Balaban J connectivity index is 2.11. The minimum Gasteiger partial charge on any atom is -0.337 e. The van der Waals surface area contributed by atoms with Crippen LogP contribution in [0, 0.1) is 6.92 Å². The normalized spacial score (nSPS) is 20.7. The number of carbonyl (C=O) groups excluding carboxylic acids is 1. The fourth-order valence-electron chi connectivity index (χ4n) is 1.85. The molecule has 0 bridgehead atoms. The van der Waals surface area contributed by atoms with Crippen LogP contribution in [0.3, 0.4) is 0 Å². The fourth-order valence-corrected chi connectivity index (χ4v) is 1.85. The summed E-state index contributed by atoms with van der Waals surface area (Å²) in [7, 11) is 0. The van der Waals surface area contributed by atoms with Crippen LogP contribution in [-0.2, 0) is 0 Å². The topological polar surface area (TPSA) is 46.3 Å². The highest BCUT2D eigenvalue weighted by atomic mass is 16.2. The largest absolute Gasteiger partial charge is 0.337 e. The van der Waals surface area contributed by atoms with Crippen LogP contribution < -0.4 is 5.73 Å². The van der Waals surface area contributed by atoms with Gasteiger partial charge in [-0.15, -0.1) is 0 Å². The maximum atomic E-state index is 12.0. The minimum absolute atomic E-state index is 0.1000. The molecule has 15 heavy (non-hydrogen) atoms. The quantitative estimate of drug-likeness (QED) is 0.746. The van der Waals surface area contributed by atoms with Crippen molar-refractivity contribution in [1.29, 1.82) is 0 Å². The van der Waals surface area contributed by atoms with Crippen LogP contribution in [0.5, 0.6) is 0 Å². The summed E-state index contributed by atoms with van der Waals surface area (Å²) in [5.41, 5.74) is 7.70. The molecule has 1 aromatic carbocycles. The number of likely N-dealkylation sites (tertiary alicyclic amines) is 1. The number of nitrogens with two attached hydrogens (primary N) is 1. The van der Waals surface area contributed by atoms with E-state index in [-0.39, 0.29) is 11.9 Å². The highest BCUT2D eigenvalue weighted by Gasteiger charge is 2.24. The lowest BCUT2D eigenvalue weighted by atomic mass is 10.1. The number of carbonyl (C=O) groups is 1. The third kappa shape index (κ3) is 2.18. The molecule has 1 aromatic rings. The van der Waals surface area contributed by atoms with Gasteiger partial charge in [-0.1, -0.05) is 17.7 Å². The van der Waals surface area contributed by atoms with Crippen LogP contribution in [0.25, 0.3) is 0 Å². The first kappa shape index (κ1) is 10.2. The number of hydrogen-bond donors (Lipinski definition) is 1. The standard InChI is InChI=1S/C12H16N2O/c1-9-2-4-10(5-3-9)12(15)14-7-6-11(13)8-14/h2-5,11H,6-8,13H2,1H3/t11-/m1/s1. The Bertz CT molecular complexity index is 358. The SMILES string of the molecule is Cc1ccc(C(=O)N2CC[C@@H](N)C2)cc1. The number of nitrogens with zero attached hydrogens (tertiary/aromatic N) is 1. The molecule has 0 unspecified atom stereocenters. The maximum absolute atomic E-state index is 12.0. The second-order valence-corrected chi connectivity index (χ2v) is 4.17. The van der Waals surface area contributed by atoms with Crippen molar-refractivity contribution in [2.45, 2.75) is 19.4 Å². The van der Waals surface area contributed by atoms with Crippen molar-refractivity contribution in [2.75, 3.05) is 13.1 Å². The van der Waals surface area contributed by atoms with E-state index >= 15 is 0 Å². The molecular formula is C12H16N2O. The van der Waals surface area contributed by atoms with E-state index < -0.39 is 0 Å². The Morgan fingerprint density at radius 1 is 1.40 bits per heavy atom. The van der Waals surface area contributed by atoms with Crippen molar-refractivity contribution >= 4 is 5.91 Å². The summed E-state index contributed by atoms with van der Waals surface area (Å²) >= 11 is 0. The lowest BCUT2D eigenvalue weighted by molar-refractivity contribution is 0.0791. The number of hydrogen-bond acceptors (Lipinski definition) is 2. The zero-order chi connectivity index (χ0) is 10.8. The van der Waals surface area contributed by atoms with Crippen LogP contribution in [0.2, 0.25) is 0 Å². The van der Waals surface area contributed by atoms with Crippen molar-refractivity contribution in [3.63, 3.8) is 0 Å². The Morgan fingerprint density at radius 2 is 2.07 bits per heavy atom. The molecule has 3 heteroatoms. The van der Waals surface area contributed by atoms with E-state index in [1.807, 2.05) is 36.1 Å². The molecule has 1 heterocycles. The molecule has 1 amide bonds. The predicted octanol–water partition coefficient (Wildman–Crippen LogP) is 1.17. The molecule has 1 aliphatic rings. The molecule has 80 valence electrons. The van der Waals surface area contributed by atoms with Gasteiger partial charge in [-0.3, -0.25) is 4.79 Å². The van der Waals surface area contributed by atoms with Crippen molar-refractivity contribution in [3.8, 4) is 0 Å². The van der Waals surface area contributed by atoms with Gasteiger partial charge in [-0.2, -0.15) is 0 Å². The lowest BCUT2D eigenvalue weighted by Crippen LogP contribution is -2.31. The van der Waals surface area contributed by atoms with E-state index in [0.717, 1.165) is 18.5 Å². The molecule has 1 saturated heterocycles. The number of aryl methyl sites for hydroxylation is 1. The smallest absolute Gasteiger partial charge is 0.253 e. The predicted molar refractivity (Wildman–Crippen MR) is 59.7 cm³/mol. The zero-order valence-corrected chi connectivity index (χ0v) is 8.94. The molecule has 0 spiro atoms. The summed E-state index contributed by atoms with van der Waals surface area (Å²) in [5.74, 6) is 0.1000. The Kier molecular flexibility index (Phi) is 2.73. The highest BCUT2D eigenvalue weighted by Crippen LogP contribution is 2.12. The van der Waals surface area contributed by atoms with E-state index in [0.29, 0.717) is 6.54 Å². The summed E-state index contributed by atoms with van der Waals surface area (Å²) in [6.45, 7) is 3.49. The van der Waals surface area contributed by atoms with E-state index in [1.165, 1.54) is 5.56 Å². The summed E-state index contributed by atoms with van der Waals surface area (Å²) in [6.07, 6.45) is 0.914. The summed E-state index contributed by atoms with van der Waals surface area (Å²) in [6, 6.07) is 7.83. The number of benzene rings is 1. The molecule has 0 radical (unpaired) electrons. The third-order valence-electron chi connectivity index (χ3n) is 2.81. The number of amides is 1. The van der Waals surface area contributed by atoms with E-state index in [2.05, 4.69) is 0 Å². The molecule has 1 atom stereocenters. The van der Waals surface area contributed by atoms with E-state index in [9.17, 15) is 4.79 Å². The van der Waals surface area contributed by atoms with Gasteiger partial charge in [0.25, 0.3) is 5.91 Å². The monoisotopic (exact) mass is 204 g/mol. The van der Waals surface area contributed by atoms with Gasteiger partial charge in [0, 0.05) is 24.7 Å². The minimum atomic E-state index is 0.1000. The van der Waals surface area contributed by atoms with E-state index in [1.54, 1.807) is 0 Å². The van der Waals surface area contributed by atoms with Gasteiger partial charge in [0.05, 0.1) is 0 Å². The van der Waals surface area contributed by atoms with Gasteiger partial charge in [0.15, 0.2) is 0 Å². The van der Waals surface area contributed by atoms with E-state index in [4.69, 9.17) is 5.73 Å². The molecule has 2 rings (SSSR count). The molecule has 0 aromatic heterocycles. The third-order valence-corrected chi connectivity index (χ3v) is 2.81. The molecule has 3 nitrogen and oxygen atoms in total. The number of rotatable bonds is 1. The molecule has 2 N–H and O–H groups in total. The molecule has 0 aliphatic carbocycles. The first-order valence-corrected chi connectivity index (χ1v) is 5.28. The van der Waals surface area contributed by atoms with Gasteiger partial charge in [-0.25, -0.2) is 0 Å². The lowest BCUT2D eigenvalue weighted by Gasteiger charge is -2.15. The van der Waals surface area contributed by atoms with Gasteiger partial charge >= 0.3 is 0 Å². The Labute approximate surface area is 89.9 Å². The van der Waals surface area contributed by atoms with Crippen molar-refractivity contribution in [2.24, 2.45) is 5.73 Å². The first-order valence-electron chi connectivity index (χ1n) is 5.28. The first-order chi connectivity index (χ1) is 7.16. The van der Waals surface area contributed by atoms with Crippen LogP contribution in [0.4, 0.5) is 0 Å². The Hall–Kier alpha value is -1.35.